The second kappa shape index (κ2) is 8.14. The molecule has 7 heteroatoms. The number of nitrogens with zero attached hydrogens (tertiary/aromatic N) is 1. The van der Waals surface area contributed by atoms with Gasteiger partial charge in [0.05, 0.1) is 11.0 Å². The van der Waals surface area contributed by atoms with Gasteiger partial charge in [0, 0.05) is 37.1 Å². The molecule has 0 heterocycles. The molecule has 0 aliphatic heterocycles. The largest absolute Gasteiger partial charge is 0.378 e. The molecule has 0 spiro atoms. The Morgan fingerprint density at radius 1 is 1.35 bits per heavy atom. The number of ether oxygens (including phenoxy) is 1. The maximum atomic E-state index is 12.5. The van der Waals surface area contributed by atoms with E-state index in [1.165, 1.54) is 12.1 Å². The number of rotatable bonds is 9. The van der Waals surface area contributed by atoms with Crippen LogP contribution in [0.25, 0.3) is 0 Å². The van der Waals surface area contributed by atoms with Gasteiger partial charge in [0.1, 0.15) is 5.54 Å². The van der Waals surface area contributed by atoms with E-state index in [1.807, 2.05) is 20.8 Å². The molecule has 7 nitrogen and oxygen atoms in total. The first-order valence-corrected chi connectivity index (χ1v) is 9.14. The molecule has 3 N–H and O–H groups in total. The predicted octanol–water partition coefficient (Wildman–Crippen LogP) is 2.57. The lowest BCUT2D eigenvalue weighted by Crippen LogP contribution is -2.75. The van der Waals surface area contributed by atoms with Gasteiger partial charge >= 0.3 is 0 Å². The minimum Gasteiger partial charge on any atom is -0.378 e. The number of nitrogens with two attached hydrogens (primary N) is 1. The maximum absolute atomic E-state index is 12.5. The molecule has 1 saturated carbocycles. The highest BCUT2D eigenvalue weighted by Crippen LogP contribution is 2.49. The number of carbonyl (C=O) groups is 1. The quantitative estimate of drug-likeness (QED) is 0.398. The van der Waals surface area contributed by atoms with Crippen molar-refractivity contribution in [3.63, 3.8) is 0 Å². The van der Waals surface area contributed by atoms with Crippen LogP contribution in [0.4, 0.5) is 5.69 Å². The van der Waals surface area contributed by atoms with Crippen LogP contribution in [0, 0.1) is 15.5 Å². The summed E-state index contributed by atoms with van der Waals surface area (Å²) in [6.45, 7) is 7.09. The molecule has 1 fully saturated rings. The van der Waals surface area contributed by atoms with E-state index in [-0.39, 0.29) is 23.1 Å². The molecule has 1 aliphatic carbocycles. The third-order valence-electron chi connectivity index (χ3n) is 5.56. The SMILES string of the molecule is CCOC1CC(N)(C(=O)NCCCCc2ccc([N+](=O)[O-])cc2)C1(C)C. The lowest BCUT2D eigenvalue weighted by Gasteiger charge is -2.57. The number of hydrogen-bond donors (Lipinski definition) is 2. The topological polar surface area (TPSA) is 107 Å². The fourth-order valence-electron chi connectivity index (χ4n) is 3.42. The number of nitro benzene ring substituents is 1. The summed E-state index contributed by atoms with van der Waals surface area (Å²) in [5, 5.41) is 13.6. The average molecular weight is 363 g/mol. The third kappa shape index (κ3) is 4.04. The van der Waals surface area contributed by atoms with Gasteiger partial charge in [-0.15, -0.1) is 0 Å². The van der Waals surface area contributed by atoms with Crippen molar-refractivity contribution in [1.82, 2.24) is 5.32 Å². The Kier molecular flexibility index (Phi) is 6.36. The lowest BCUT2D eigenvalue weighted by molar-refractivity contribution is -0.384. The molecule has 2 atom stereocenters. The zero-order valence-electron chi connectivity index (χ0n) is 15.8. The Hall–Kier alpha value is -1.99. The summed E-state index contributed by atoms with van der Waals surface area (Å²) >= 11 is 0. The van der Waals surface area contributed by atoms with E-state index in [9.17, 15) is 14.9 Å². The number of unbranched alkanes of at least 4 members (excludes halogenated alkanes) is 1. The van der Waals surface area contributed by atoms with Gasteiger partial charge in [-0.05, 0) is 31.7 Å². The van der Waals surface area contributed by atoms with Crippen LogP contribution in [0.2, 0.25) is 0 Å². The zero-order valence-corrected chi connectivity index (χ0v) is 15.8. The molecule has 1 aromatic carbocycles. The van der Waals surface area contributed by atoms with Crippen molar-refractivity contribution < 1.29 is 14.5 Å². The van der Waals surface area contributed by atoms with E-state index >= 15 is 0 Å². The highest BCUT2D eigenvalue weighted by molar-refractivity contribution is 5.88. The number of amides is 1. The highest BCUT2D eigenvalue weighted by atomic mass is 16.6. The van der Waals surface area contributed by atoms with Gasteiger partial charge in [0.2, 0.25) is 5.91 Å². The van der Waals surface area contributed by atoms with Crippen LogP contribution < -0.4 is 11.1 Å². The van der Waals surface area contributed by atoms with Crippen molar-refractivity contribution in [2.45, 2.75) is 58.1 Å². The van der Waals surface area contributed by atoms with Gasteiger partial charge in [-0.25, -0.2) is 0 Å². The Morgan fingerprint density at radius 3 is 2.54 bits per heavy atom. The molecular weight excluding hydrogens is 334 g/mol. The van der Waals surface area contributed by atoms with Crippen LogP contribution >= 0.6 is 0 Å². The first kappa shape index (κ1) is 20.3. The lowest BCUT2D eigenvalue weighted by atomic mass is 9.54. The van der Waals surface area contributed by atoms with E-state index in [0.29, 0.717) is 19.6 Å². The summed E-state index contributed by atoms with van der Waals surface area (Å²) in [6, 6.07) is 6.58. The van der Waals surface area contributed by atoms with E-state index in [0.717, 1.165) is 24.8 Å². The molecule has 144 valence electrons. The molecule has 26 heavy (non-hydrogen) atoms. The van der Waals surface area contributed by atoms with Crippen molar-refractivity contribution in [2.24, 2.45) is 11.1 Å². The molecule has 1 aliphatic rings. The number of carbonyl (C=O) groups excluding carboxylic acids is 1. The Balaban J connectivity index is 1.71. The smallest absolute Gasteiger partial charge is 0.269 e. The summed E-state index contributed by atoms with van der Waals surface area (Å²) in [7, 11) is 0. The van der Waals surface area contributed by atoms with Crippen molar-refractivity contribution in [3.8, 4) is 0 Å². The van der Waals surface area contributed by atoms with Crippen molar-refractivity contribution in [2.75, 3.05) is 13.2 Å². The number of non-ortho nitro benzene ring substituents is 1. The van der Waals surface area contributed by atoms with Crippen LogP contribution in [-0.2, 0) is 16.0 Å². The summed E-state index contributed by atoms with van der Waals surface area (Å²) in [4.78, 5) is 22.7. The number of nitrogens with one attached hydrogen (secondary N) is 1. The van der Waals surface area contributed by atoms with Gasteiger partial charge in [-0.3, -0.25) is 14.9 Å². The second-order valence-electron chi connectivity index (χ2n) is 7.48. The summed E-state index contributed by atoms with van der Waals surface area (Å²) < 4.78 is 5.65. The second-order valence-corrected chi connectivity index (χ2v) is 7.48. The average Bonchev–Trinajstić information content (AvgIpc) is 2.61. The summed E-state index contributed by atoms with van der Waals surface area (Å²) in [5.74, 6) is -0.117. The molecule has 1 aromatic rings. The Labute approximate surface area is 154 Å². The highest BCUT2D eigenvalue weighted by Gasteiger charge is 2.62. The van der Waals surface area contributed by atoms with Crippen molar-refractivity contribution >= 4 is 11.6 Å². The van der Waals surface area contributed by atoms with Gasteiger partial charge in [0.15, 0.2) is 0 Å². The molecule has 1 amide bonds. The summed E-state index contributed by atoms with van der Waals surface area (Å²) in [5.41, 5.74) is 6.23. The fourth-order valence-corrected chi connectivity index (χ4v) is 3.42. The monoisotopic (exact) mass is 363 g/mol. The standard InChI is InChI=1S/C19H29N3O4/c1-4-26-16-13-19(20,18(16,2)3)17(23)21-12-6-5-7-14-8-10-15(11-9-14)22(24)25/h8-11,16H,4-7,12-13,20H2,1-3H3,(H,21,23). The number of aryl methyl sites for hydroxylation is 1. The normalized spacial score (nSPS) is 23.9. The number of nitro groups is 1. The minimum absolute atomic E-state index is 0.0189. The number of benzene rings is 1. The van der Waals surface area contributed by atoms with Crippen LogP contribution in [0.1, 0.15) is 45.6 Å². The first-order chi connectivity index (χ1) is 12.2. The molecular formula is C19H29N3O4. The van der Waals surface area contributed by atoms with Crippen LogP contribution in [0.5, 0.6) is 0 Å². The predicted molar refractivity (Wildman–Crippen MR) is 99.8 cm³/mol. The van der Waals surface area contributed by atoms with E-state index in [1.54, 1.807) is 12.1 Å². The molecule has 0 bridgehead atoms. The van der Waals surface area contributed by atoms with Gasteiger partial charge in [0.25, 0.3) is 5.69 Å². The maximum Gasteiger partial charge on any atom is 0.269 e. The van der Waals surface area contributed by atoms with Gasteiger partial charge < -0.3 is 15.8 Å². The van der Waals surface area contributed by atoms with Crippen molar-refractivity contribution in [1.29, 1.82) is 0 Å². The van der Waals surface area contributed by atoms with Crippen molar-refractivity contribution in [3.05, 3.63) is 39.9 Å². The third-order valence-corrected chi connectivity index (χ3v) is 5.56. The minimum atomic E-state index is -0.884. The molecule has 0 saturated heterocycles. The molecule has 2 unspecified atom stereocenters. The Morgan fingerprint density at radius 2 is 2.00 bits per heavy atom. The van der Waals surface area contributed by atoms with Crippen LogP contribution in [0.15, 0.2) is 24.3 Å². The molecule has 2 rings (SSSR count). The Bertz CT molecular complexity index is 645. The van der Waals surface area contributed by atoms with E-state index in [2.05, 4.69) is 5.32 Å². The molecule has 0 aromatic heterocycles. The van der Waals surface area contributed by atoms with Crippen LogP contribution in [-0.4, -0.2) is 35.6 Å². The van der Waals surface area contributed by atoms with Crippen LogP contribution in [0.3, 0.4) is 0 Å². The van der Waals surface area contributed by atoms with Gasteiger partial charge in [-0.2, -0.15) is 0 Å². The van der Waals surface area contributed by atoms with E-state index in [4.69, 9.17) is 10.5 Å². The zero-order chi connectivity index (χ0) is 19.4. The van der Waals surface area contributed by atoms with Gasteiger partial charge in [-0.1, -0.05) is 26.0 Å². The molecule has 0 radical (unpaired) electrons. The van der Waals surface area contributed by atoms with E-state index < -0.39 is 10.5 Å². The number of hydrogen-bond acceptors (Lipinski definition) is 5. The summed E-state index contributed by atoms with van der Waals surface area (Å²) in [6.07, 6.45) is 3.10. The first-order valence-electron chi connectivity index (χ1n) is 9.14. The fraction of sp³-hybridized carbons (Fsp3) is 0.632.